The van der Waals surface area contributed by atoms with E-state index in [1.807, 2.05) is 19.1 Å². The third-order valence-corrected chi connectivity index (χ3v) is 5.26. The molecule has 4 nitrogen and oxygen atoms in total. The molecule has 0 spiro atoms. The molecule has 1 aromatic carbocycles. The molecular weight excluding hydrogens is 346 g/mol. The van der Waals surface area contributed by atoms with Crippen LogP contribution in [0.5, 0.6) is 0 Å². The third-order valence-electron chi connectivity index (χ3n) is 4.37. The van der Waals surface area contributed by atoms with Gasteiger partial charge in [-0.15, -0.1) is 0 Å². The lowest BCUT2D eigenvalue weighted by molar-refractivity contribution is -0.152. The van der Waals surface area contributed by atoms with Crippen molar-refractivity contribution in [3.8, 4) is 0 Å². The minimum absolute atomic E-state index is 0.0716. The highest BCUT2D eigenvalue weighted by Gasteiger charge is 2.40. The fourth-order valence-corrected chi connectivity index (χ4v) is 3.46. The van der Waals surface area contributed by atoms with Crippen molar-refractivity contribution in [3.63, 3.8) is 0 Å². The minimum atomic E-state index is -0.311. The molecule has 3 atom stereocenters. The monoisotopic (exact) mass is 363 g/mol. The molecule has 3 unspecified atom stereocenters. The highest BCUT2D eigenvalue weighted by molar-refractivity contribution is 9.10. The van der Waals surface area contributed by atoms with Crippen molar-refractivity contribution >= 4 is 33.5 Å². The van der Waals surface area contributed by atoms with Crippen molar-refractivity contribution in [2.24, 2.45) is 17.8 Å². The number of hydrogen-bond donors (Lipinski definition) is 1. The number of aryl methyl sites for hydroxylation is 1. The maximum atomic E-state index is 12.0. The van der Waals surface area contributed by atoms with Gasteiger partial charge in [0.15, 0.2) is 6.61 Å². The Kier molecular flexibility index (Phi) is 4.34. The average Bonchev–Trinajstić information content (AvgIpc) is 3.11. The largest absolute Gasteiger partial charge is 0.455 e. The smallest absolute Gasteiger partial charge is 0.310 e. The predicted molar refractivity (Wildman–Crippen MR) is 87.3 cm³/mol. The summed E-state index contributed by atoms with van der Waals surface area (Å²) in [4.78, 5) is 23.9. The molecule has 0 radical (unpaired) electrons. The number of ether oxygens (including phenoxy) is 1. The van der Waals surface area contributed by atoms with Crippen LogP contribution in [-0.2, 0) is 14.3 Å². The first-order valence-electron chi connectivity index (χ1n) is 7.44. The van der Waals surface area contributed by atoms with E-state index in [9.17, 15) is 9.59 Å². The fraction of sp³-hybridized carbons (Fsp3) is 0.412. The van der Waals surface area contributed by atoms with E-state index in [1.165, 1.54) is 0 Å². The van der Waals surface area contributed by atoms with Gasteiger partial charge in [0.25, 0.3) is 5.91 Å². The van der Waals surface area contributed by atoms with Crippen LogP contribution in [0.15, 0.2) is 34.8 Å². The van der Waals surface area contributed by atoms with Crippen LogP contribution in [-0.4, -0.2) is 18.5 Å². The van der Waals surface area contributed by atoms with Crippen molar-refractivity contribution in [2.45, 2.75) is 19.8 Å². The molecule has 3 rings (SSSR count). The first-order chi connectivity index (χ1) is 10.5. The molecule has 116 valence electrons. The van der Waals surface area contributed by atoms with Gasteiger partial charge in [0, 0.05) is 10.2 Å². The van der Waals surface area contributed by atoms with Crippen LogP contribution in [0.1, 0.15) is 18.4 Å². The van der Waals surface area contributed by atoms with E-state index < -0.39 is 0 Å². The Morgan fingerprint density at radius 1 is 1.32 bits per heavy atom. The average molecular weight is 364 g/mol. The first kappa shape index (κ1) is 15.3. The van der Waals surface area contributed by atoms with E-state index in [-0.39, 0.29) is 24.4 Å². The Morgan fingerprint density at radius 2 is 2.14 bits per heavy atom. The maximum Gasteiger partial charge on any atom is 0.310 e. The standard InChI is InChI=1S/C17H18BrNO3/c1-10-6-13(4-5-15(10)18)19-16(20)9-22-17(21)14-8-11-2-3-12(14)7-11/h2-6,11-12,14H,7-9H2,1H3,(H,19,20). The summed E-state index contributed by atoms with van der Waals surface area (Å²) in [5.41, 5.74) is 1.73. The lowest BCUT2D eigenvalue weighted by atomic mass is 9.94. The molecule has 2 aliphatic carbocycles. The molecular formula is C17H18BrNO3. The number of anilines is 1. The lowest BCUT2D eigenvalue weighted by Gasteiger charge is -2.16. The van der Waals surface area contributed by atoms with Crippen LogP contribution >= 0.6 is 15.9 Å². The summed E-state index contributed by atoms with van der Waals surface area (Å²) in [7, 11) is 0. The molecule has 5 heteroatoms. The highest BCUT2D eigenvalue weighted by Crippen LogP contribution is 2.43. The van der Waals surface area contributed by atoms with Crippen molar-refractivity contribution in [1.82, 2.24) is 0 Å². The van der Waals surface area contributed by atoms with Gasteiger partial charge in [-0.25, -0.2) is 0 Å². The van der Waals surface area contributed by atoms with E-state index in [0.29, 0.717) is 17.5 Å². The van der Waals surface area contributed by atoms with Gasteiger partial charge >= 0.3 is 5.97 Å². The Morgan fingerprint density at radius 3 is 2.77 bits per heavy atom. The molecule has 1 aromatic rings. The molecule has 0 heterocycles. The zero-order chi connectivity index (χ0) is 15.7. The zero-order valence-electron chi connectivity index (χ0n) is 12.3. The quantitative estimate of drug-likeness (QED) is 0.658. The van der Waals surface area contributed by atoms with E-state index in [1.54, 1.807) is 6.07 Å². The van der Waals surface area contributed by atoms with Crippen LogP contribution in [0, 0.1) is 24.7 Å². The van der Waals surface area contributed by atoms with Crippen LogP contribution in [0.3, 0.4) is 0 Å². The number of benzene rings is 1. The number of carbonyl (C=O) groups excluding carboxylic acids is 2. The Labute approximate surface area is 138 Å². The van der Waals surface area contributed by atoms with Gasteiger partial charge in [-0.2, -0.15) is 0 Å². The molecule has 0 aliphatic heterocycles. The van der Waals surface area contributed by atoms with Crippen LogP contribution < -0.4 is 5.32 Å². The summed E-state index contributed by atoms with van der Waals surface area (Å²) >= 11 is 3.41. The summed E-state index contributed by atoms with van der Waals surface area (Å²) in [6, 6.07) is 5.54. The summed E-state index contributed by atoms with van der Waals surface area (Å²) in [6.07, 6.45) is 6.18. The summed E-state index contributed by atoms with van der Waals surface area (Å²) < 4.78 is 6.16. The SMILES string of the molecule is Cc1cc(NC(=O)COC(=O)C2CC3C=CC2C3)ccc1Br. The third kappa shape index (κ3) is 3.24. The number of carbonyl (C=O) groups is 2. The van der Waals surface area contributed by atoms with Crippen LogP contribution in [0.2, 0.25) is 0 Å². The lowest BCUT2D eigenvalue weighted by Crippen LogP contribution is -2.26. The van der Waals surface area contributed by atoms with Crippen molar-refractivity contribution in [1.29, 1.82) is 0 Å². The van der Waals surface area contributed by atoms with Gasteiger partial charge in [0.2, 0.25) is 0 Å². The Hall–Kier alpha value is -1.62. The molecule has 1 N–H and O–H groups in total. The number of allylic oxidation sites excluding steroid dienone is 2. The summed E-state index contributed by atoms with van der Waals surface area (Å²) in [5, 5.41) is 2.74. The normalized spacial score (nSPS) is 25.3. The first-order valence-corrected chi connectivity index (χ1v) is 8.23. The Balaban J connectivity index is 1.49. The van der Waals surface area contributed by atoms with E-state index in [0.717, 1.165) is 22.9 Å². The molecule has 1 amide bonds. The van der Waals surface area contributed by atoms with Gasteiger partial charge in [-0.05, 0) is 55.4 Å². The number of fused-ring (bicyclic) bond motifs is 2. The molecule has 2 bridgehead atoms. The van der Waals surface area contributed by atoms with Crippen molar-refractivity contribution in [3.05, 3.63) is 40.4 Å². The van der Waals surface area contributed by atoms with Gasteiger partial charge in [-0.3, -0.25) is 9.59 Å². The zero-order valence-corrected chi connectivity index (χ0v) is 13.9. The van der Waals surface area contributed by atoms with Gasteiger partial charge < -0.3 is 10.1 Å². The van der Waals surface area contributed by atoms with E-state index in [2.05, 4.69) is 33.4 Å². The molecule has 22 heavy (non-hydrogen) atoms. The number of amides is 1. The molecule has 1 fully saturated rings. The van der Waals surface area contributed by atoms with Gasteiger partial charge in [0.05, 0.1) is 5.92 Å². The minimum Gasteiger partial charge on any atom is -0.455 e. The van der Waals surface area contributed by atoms with Crippen LogP contribution in [0.25, 0.3) is 0 Å². The van der Waals surface area contributed by atoms with Crippen molar-refractivity contribution < 1.29 is 14.3 Å². The molecule has 0 aromatic heterocycles. The fourth-order valence-electron chi connectivity index (χ4n) is 3.21. The van der Waals surface area contributed by atoms with E-state index in [4.69, 9.17) is 4.74 Å². The number of halogens is 1. The second kappa shape index (κ2) is 6.24. The number of esters is 1. The Bertz CT molecular complexity index is 641. The second-order valence-electron chi connectivity index (χ2n) is 6.01. The predicted octanol–water partition coefficient (Wildman–Crippen LogP) is 3.45. The van der Waals surface area contributed by atoms with E-state index >= 15 is 0 Å². The molecule has 2 aliphatic rings. The van der Waals surface area contributed by atoms with Gasteiger partial charge in [-0.1, -0.05) is 28.1 Å². The van der Waals surface area contributed by atoms with Crippen molar-refractivity contribution in [2.75, 3.05) is 11.9 Å². The number of nitrogens with one attached hydrogen (secondary N) is 1. The maximum absolute atomic E-state index is 12.0. The second-order valence-corrected chi connectivity index (χ2v) is 6.86. The highest BCUT2D eigenvalue weighted by atomic mass is 79.9. The molecule has 0 saturated heterocycles. The summed E-state index contributed by atoms with van der Waals surface area (Å²) in [6.45, 7) is 1.72. The molecule has 1 saturated carbocycles. The number of rotatable bonds is 4. The summed E-state index contributed by atoms with van der Waals surface area (Å²) in [5.74, 6) is 0.183. The van der Waals surface area contributed by atoms with Gasteiger partial charge in [0.1, 0.15) is 0 Å². The number of hydrogen-bond acceptors (Lipinski definition) is 3. The topological polar surface area (TPSA) is 55.4 Å². The van der Waals surface area contributed by atoms with Crippen LogP contribution in [0.4, 0.5) is 5.69 Å².